The van der Waals surface area contributed by atoms with E-state index < -0.39 is 0 Å². The first-order valence-corrected chi connectivity index (χ1v) is 9.86. The Kier molecular flexibility index (Phi) is 3.47. The molecule has 4 aliphatic carbocycles. The van der Waals surface area contributed by atoms with Crippen molar-refractivity contribution in [2.45, 2.75) is 50.1 Å². The highest BCUT2D eigenvalue weighted by molar-refractivity contribution is 5.45. The number of morpholine rings is 1. The molecule has 5 heteroatoms. The van der Waals surface area contributed by atoms with Crippen LogP contribution in [0.5, 0.6) is 0 Å². The van der Waals surface area contributed by atoms with Gasteiger partial charge in [0.15, 0.2) is 0 Å². The van der Waals surface area contributed by atoms with Crippen molar-refractivity contribution >= 4 is 5.82 Å². The average molecular weight is 342 g/mol. The molecule has 0 spiro atoms. The molecule has 2 atom stereocenters. The van der Waals surface area contributed by atoms with Gasteiger partial charge in [0, 0.05) is 29.9 Å². The lowest BCUT2D eigenvalue weighted by atomic mass is 9.45. The molecule has 4 bridgehead atoms. The van der Waals surface area contributed by atoms with Crippen LogP contribution in [0.4, 0.5) is 5.82 Å². The van der Waals surface area contributed by atoms with Gasteiger partial charge in [-0.2, -0.15) is 0 Å². The van der Waals surface area contributed by atoms with Crippen LogP contribution in [0.2, 0.25) is 0 Å². The quantitative estimate of drug-likeness (QED) is 0.858. The summed E-state index contributed by atoms with van der Waals surface area (Å²) in [5.41, 5.74) is 16.0. The minimum absolute atomic E-state index is 0.0500. The molecule has 5 fully saturated rings. The lowest BCUT2D eigenvalue weighted by molar-refractivity contribution is -0.0720. The topological polar surface area (TPSA) is 77.4 Å². The van der Waals surface area contributed by atoms with Crippen molar-refractivity contribution < 1.29 is 4.74 Å². The zero-order chi connectivity index (χ0) is 17.2. The van der Waals surface area contributed by atoms with Gasteiger partial charge in [0.25, 0.3) is 0 Å². The number of hydrogen-bond donors (Lipinski definition) is 2. The standard InChI is InChI=1S/C20H30N4O/c1-13-17(2-3-18(23-13)24-4-6-25-7-5-24)20(22)15-8-14-9-16(20)12-19(21,10-14)11-15/h2-3,14-16H,4-12,21-22H2,1H3. The van der Waals surface area contributed by atoms with Crippen molar-refractivity contribution in [2.24, 2.45) is 29.2 Å². The van der Waals surface area contributed by atoms with Gasteiger partial charge >= 0.3 is 0 Å². The van der Waals surface area contributed by atoms with Gasteiger partial charge in [-0.3, -0.25) is 0 Å². The van der Waals surface area contributed by atoms with Crippen molar-refractivity contribution in [3.63, 3.8) is 0 Å². The summed E-state index contributed by atoms with van der Waals surface area (Å²) in [6, 6.07) is 4.43. The second-order valence-corrected chi connectivity index (χ2v) is 9.04. The molecule has 4 saturated carbocycles. The SMILES string of the molecule is Cc1nc(N2CCOCC2)ccc1C1(N)C2CC3CC1CC(N)(C3)C2. The largest absolute Gasteiger partial charge is 0.378 e. The first-order chi connectivity index (χ1) is 12.0. The van der Waals surface area contributed by atoms with Crippen LogP contribution in [-0.4, -0.2) is 36.8 Å². The fraction of sp³-hybridized carbons (Fsp3) is 0.750. The van der Waals surface area contributed by atoms with E-state index in [1.54, 1.807) is 0 Å². The number of anilines is 1. The van der Waals surface area contributed by atoms with Gasteiger partial charge in [-0.1, -0.05) is 6.07 Å². The van der Waals surface area contributed by atoms with E-state index in [0.29, 0.717) is 11.8 Å². The van der Waals surface area contributed by atoms with Crippen LogP contribution in [0.3, 0.4) is 0 Å². The highest BCUT2D eigenvalue weighted by Gasteiger charge is 2.60. The molecule has 1 saturated heterocycles. The molecule has 1 aromatic rings. The molecular formula is C20H30N4O. The van der Waals surface area contributed by atoms with Crippen molar-refractivity contribution in [1.82, 2.24) is 4.98 Å². The number of nitrogens with two attached hydrogens (primary N) is 2. The van der Waals surface area contributed by atoms with Gasteiger partial charge in [0.05, 0.1) is 13.2 Å². The number of nitrogens with zero attached hydrogens (tertiary/aromatic N) is 2. The number of aryl methyl sites for hydroxylation is 1. The van der Waals surface area contributed by atoms with Crippen LogP contribution in [0, 0.1) is 24.7 Å². The van der Waals surface area contributed by atoms with Gasteiger partial charge in [-0.25, -0.2) is 4.98 Å². The molecule has 5 nitrogen and oxygen atoms in total. The molecule has 0 radical (unpaired) electrons. The monoisotopic (exact) mass is 342 g/mol. The Hall–Kier alpha value is -1.17. The van der Waals surface area contributed by atoms with Crippen molar-refractivity contribution in [1.29, 1.82) is 0 Å². The van der Waals surface area contributed by atoms with Crippen LogP contribution in [-0.2, 0) is 10.3 Å². The van der Waals surface area contributed by atoms with Gasteiger partial charge < -0.3 is 21.1 Å². The molecule has 25 heavy (non-hydrogen) atoms. The molecular weight excluding hydrogens is 312 g/mol. The van der Waals surface area contributed by atoms with Gasteiger partial charge in [0.1, 0.15) is 5.82 Å². The van der Waals surface area contributed by atoms with E-state index in [9.17, 15) is 0 Å². The van der Waals surface area contributed by atoms with E-state index in [0.717, 1.165) is 56.6 Å². The Labute approximate surface area is 150 Å². The number of pyridine rings is 1. The average Bonchev–Trinajstić information content (AvgIpc) is 2.59. The van der Waals surface area contributed by atoms with E-state index in [4.69, 9.17) is 21.2 Å². The summed E-state index contributed by atoms with van der Waals surface area (Å²) >= 11 is 0. The maximum absolute atomic E-state index is 7.17. The highest BCUT2D eigenvalue weighted by Crippen LogP contribution is 2.61. The maximum Gasteiger partial charge on any atom is 0.128 e. The fourth-order valence-electron chi connectivity index (χ4n) is 6.52. The smallest absolute Gasteiger partial charge is 0.128 e. The van der Waals surface area contributed by atoms with E-state index in [2.05, 4.69) is 24.0 Å². The normalized spacial score (nSPS) is 42.8. The van der Waals surface area contributed by atoms with Crippen molar-refractivity contribution in [3.05, 3.63) is 23.4 Å². The molecule has 1 aromatic heterocycles. The molecule has 2 heterocycles. The first-order valence-electron chi connectivity index (χ1n) is 9.86. The Balaban J connectivity index is 1.48. The van der Waals surface area contributed by atoms with Crippen LogP contribution >= 0.6 is 0 Å². The third kappa shape index (κ3) is 2.36. The fourth-order valence-corrected chi connectivity index (χ4v) is 6.52. The summed E-state index contributed by atoms with van der Waals surface area (Å²) in [5.74, 6) is 2.88. The third-order valence-corrected chi connectivity index (χ3v) is 7.46. The molecule has 0 amide bonds. The van der Waals surface area contributed by atoms with Gasteiger partial charge in [0.2, 0.25) is 0 Å². The zero-order valence-corrected chi connectivity index (χ0v) is 15.2. The van der Waals surface area contributed by atoms with E-state index >= 15 is 0 Å². The summed E-state index contributed by atoms with van der Waals surface area (Å²) < 4.78 is 5.46. The molecule has 6 rings (SSSR count). The minimum Gasteiger partial charge on any atom is -0.378 e. The molecule has 136 valence electrons. The van der Waals surface area contributed by atoms with Crippen molar-refractivity contribution in [3.8, 4) is 0 Å². The first kappa shape index (κ1) is 16.0. The molecule has 0 aromatic carbocycles. The molecule has 4 N–H and O–H groups in total. The highest BCUT2D eigenvalue weighted by atomic mass is 16.5. The Morgan fingerprint density at radius 3 is 2.36 bits per heavy atom. The van der Waals surface area contributed by atoms with Gasteiger partial charge in [-0.05, 0) is 68.4 Å². The summed E-state index contributed by atoms with van der Waals surface area (Å²) in [6.45, 7) is 5.54. The summed E-state index contributed by atoms with van der Waals surface area (Å²) in [6.07, 6.45) is 5.87. The second-order valence-electron chi connectivity index (χ2n) is 9.04. The number of rotatable bonds is 2. The second kappa shape index (κ2) is 5.41. The predicted molar refractivity (Wildman–Crippen MR) is 98.3 cm³/mol. The van der Waals surface area contributed by atoms with Gasteiger partial charge in [-0.15, -0.1) is 0 Å². The molecule has 2 unspecified atom stereocenters. The molecule has 5 aliphatic rings. The Bertz CT molecular complexity index is 668. The van der Waals surface area contributed by atoms with E-state index in [1.165, 1.54) is 24.8 Å². The summed E-state index contributed by atoms with van der Waals surface area (Å²) in [4.78, 5) is 7.27. The van der Waals surface area contributed by atoms with Crippen LogP contribution < -0.4 is 16.4 Å². The van der Waals surface area contributed by atoms with E-state index in [-0.39, 0.29) is 11.1 Å². The number of ether oxygens (including phenoxy) is 1. The summed E-state index contributed by atoms with van der Waals surface area (Å²) in [5, 5.41) is 0. The number of hydrogen-bond acceptors (Lipinski definition) is 5. The predicted octanol–water partition coefficient (Wildman–Crippen LogP) is 1.92. The molecule has 1 aliphatic heterocycles. The van der Waals surface area contributed by atoms with Crippen LogP contribution in [0.25, 0.3) is 0 Å². The van der Waals surface area contributed by atoms with Crippen molar-refractivity contribution in [2.75, 3.05) is 31.2 Å². The minimum atomic E-state index is -0.236. The maximum atomic E-state index is 7.17. The third-order valence-electron chi connectivity index (χ3n) is 7.46. The number of aromatic nitrogens is 1. The Morgan fingerprint density at radius 2 is 1.76 bits per heavy atom. The van der Waals surface area contributed by atoms with E-state index in [1.807, 2.05) is 0 Å². The van der Waals surface area contributed by atoms with Crippen LogP contribution in [0.1, 0.15) is 43.4 Å². The van der Waals surface area contributed by atoms with Crippen LogP contribution in [0.15, 0.2) is 12.1 Å². The lowest BCUT2D eigenvalue weighted by Gasteiger charge is -2.63. The Morgan fingerprint density at radius 1 is 1.08 bits per heavy atom. The summed E-state index contributed by atoms with van der Waals surface area (Å²) in [7, 11) is 0. The lowest BCUT2D eigenvalue weighted by Crippen LogP contribution is -2.68. The zero-order valence-electron chi connectivity index (χ0n) is 15.2.